The van der Waals surface area contributed by atoms with Crippen LogP contribution in [0.5, 0.6) is 11.5 Å². The number of ether oxygens (including phenoxy) is 2. The van der Waals surface area contributed by atoms with E-state index < -0.39 is 24.5 Å². The Hall–Kier alpha value is -3.10. The Morgan fingerprint density at radius 3 is 2.56 bits per heavy atom. The molecule has 0 fully saturated rings. The maximum Gasteiger partial charge on any atom is 0.387 e. The Kier molecular flexibility index (Phi) is 5.93. The van der Waals surface area contributed by atoms with E-state index >= 15 is 0 Å². The summed E-state index contributed by atoms with van der Waals surface area (Å²) in [6.07, 6.45) is 1.33. The molecular formula is C16H16F2N2O5. The SMILES string of the molecule is COc1ccc(NC(=O)C(C)NC(=O)c2ccco2)cc1OC(F)F. The highest BCUT2D eigenvalue weighted by molar-refractivity contribution is 6.00. The van der Waals surface area contributed by atoms with Gasteiger partial charge in [0.25, 0.3) is 5.91 Å². The number of rotatable bonds is 7. The van der Waals surface area contributed by atoms with Gasteiger partial charge in [-0.3, -0.25) is 9.59 Å². The predicted octanol–water partition coefficient (Wildman–Crippen LogP) is 2.65. The van der Waals surface area contributed by atoms with Crippen LogP contribution in [0.25, 0.3) is 0 Å². The maximum atomic E-state index is 12.4. The highest BCUT2D eigenvalue weighted by Gasteiger charge is 2.19. The molecule has 1 aromatic carbocycles. The number of carbonyl (C=O) groups excluding carboxylic acids is 2. The lowest BCUT2D eigenvalue weighted by atomic mass is 10.2. The van der Waals surface area contributed by atoms with Gasteiger partial charge in [-0.25, -0.2) is 0 Å². The fourth-order valence-electron chi connectivity index (χ4n) is 1.93. The second-order valence-corrected chi connectivity index (χ2v) is 4.91. The Morgan fingerprint density at radius 1 is 1.20 bits per heavy atom. The molecule has 0 saturated heterocycles. The molecule has 1 atom stereocenters. The summed E-state index contributed by atoms with van der Waals surface area (Å²) < 4.78 is 39.0. The van der Waals surface area contributed by atoms with Crippen molar-refractivity contribution in [2.75, 3.05) is 12.4 Å². The van der Waals surface area contributed by atoms with E-state index in [4.69, 9.17) is 9.15 Å². The first-order chi connectivity index (χ1) is 11.9. The summed E-state index contributed by atoms with van der Waals surface area (Å²) in [5, 5.41) is 4.94. The lowest BCUT2D eigenvalue weighted by molar-refractivity contribution is -0.117. The van der Waals surface area contributed by atoms with E-state index in [0.717, 1.165) is 0 Å². The third kappa shape index (κ3) is 4.93. The normalized spacial score (nSPS) is 11.7. The van der Waals surface area contributed by atoms with Crippen LogP contribution in [-0.2, 0) is 4.79 Å². The van der Waals surface area contributed by atoms with E-state index in [1.807, 2.05) is 0 Å². The first kappa shape index (κ1) is 18.2. The third-order valence-corrected chi connectivity index (χ3v) is 3.13. The molecule has 0 aliphatic heterocycles. The summed E-state index contributed by atoms with van der Waals surface area (Å²) in [4.78, 5) is 24.0. The number of nitrogens with one attached hydrogen (secondary N) is 2. The minimum Gasteiger partial charge on any atom is -0.493 e. The largest absolute Gasteiger partial charge is 0.493 e. The first-order valence-electron chi connectivity index (χ1n) is 7.18. The van der Waals surface area contributed by atoms with Crippen molar-refractivity contribution >= 4 is 17.5 Å². The molecule has 2 aromatic rings. The van der Waals surface area contributed by atoms with Crippen LogP contribution in [0.1, 0.15) is 17.5 Å². The van der Waals surface area contributed by atoms with E-state index in [9.17, 15) is 18.4 Å². The van der Waals surface area contributed by atoms with Crippen LogP contribution in [-0.4, -0.2) is 31.6 Å². The van der Waals surface area contributed by atoms with E-state index in [0.29, 0.717) is 0 Å². The molecule has 0 aliphatic rings. The van der Waals surface area contributed by atoms with Gasteiger partial charge >= 0.3 is 6.61 Å². The van der Waals surface area contributed by atoms with Gasteiger partial charge in [-0.15, -0.1) is 0 Å². The van der Waals surface area contributed by atoms with Crippen molar-refractivity contribution in [1.82, 2.24) is 5.32 Å². The van der Waals surface area contributed by atoms with E-state index in [-0.39, 0.29) is 22.9 Å². The molecule has 1 heterocycles. The van der Waals surface area contributed by atoms with Crippen molar-refractivity contribution in [3.63, 3.8) is 0 Å². The number of alkyl halides is 2. The fraction of sp³-hybridized carbons (Fsp3) is 0.250. The molecule has 0 aliphatic carbocycles. The number of anilines is 1. The lowest BCUT2D eigenvalue weighted by Crippen LogP contribution is -2.41. The fourth-order valence-corrected chi connectivity index (χ4v) is 1.93. The molecule has 1 unspecified atom stereocenters. The summed E-state index contributed by atoms with van der Waals surface area (Å²) in [6.45, 7) is -1.57. The Morgan fingerprint density at radius 2 is 1.96 bits per heavy atom. The molecule has 2 N–H and O–H groups in total. The van der Waals surface area contributed by atoms with Crippen molar-refractivity contribution in [1.29, 1.82) is 0 Å². The average Bonchev–Trinajstić information content (AvgIpc) is 3.09. The van der Waals surface area contributed by atoms with Gasteiger partial charge in [0.2, 0.25) is 5.91 Å². The van der Waals surface area contributed by atoms with Gasteiger partial charge < -0.3 is 24.5 Å². The van der Waals surface area contributed by atoms with Crippen molar-refractivity contribution in [2.45, 2.75) is 19.6 Å². The quantitative estimate of drug-likeness (QED) is 0.798. The van der Waals surface area contributed by atoms with Crippen molar-refractivity contribution in [3.8, 4) is 11.5 Å². The summed E-state index contributed by atoms with van der Waals surface area (Å²) in [5.41, 5.74) is 0.209. The third-order valence-electron chi connectivity index (χ3n) is 3.13. The standard InChI is InChI=1S/C16H16F2N2O5/c1-9(19-15(22)12-4-3-7-24-12)14(21)20-10-5-6-11(23-2)13(8-10)25-16(17)18/h3-9,16H,1-2H3,(H,19,22)(H,20,21). The van der Waals surface area contributed by atoms with Gasteiger partial charge in [0.05, 0.1) is 13.4 Å². The second kappa shape index (κ2) is 8.13. The highest BCUT2D eigenvalue weighted by atomic mass is 19.3. The molecule has 0 bridgehead atoms. The number of hydrogen-bond donors (Lipinski definition) is 2. The van der Waals surface area contributed by atoms with Gasteiger partial charge in [-0.05, 0) is 31.2 Å². The average molecular weight is 354 g/mol. The smallest absolute Gasteiger partial charge is 0.387 e. The number of benzene rings is 1. The molecule has 1 aromatic heterocycles. The van der Waals surface area contributed by atoms with Crippen molar-refractivity contribution < 1.29 is 32.3 Å². The number of halogens is 2. The second-order valence-electron chi connectivity index (χ2n) is 4.91. The van der Waals surface area contributed by atoms with Crippen molar-refractivity contribution in [2.24, 2.45) is 0 Å². The molecule has 0 spiro atoms. The molecule has 9 heteroatoms. The zero-order valence-corrected chi connectivity index (χ0v) is 13.4. The molecule has 134 valence electrons. The number of carbonyl (C=O) groups is 2. The Bertz CT molecular complexity index is 734. The molecule has 0 radical (unpaired) electrons. The molecule has 7 nitrogen and oxygen atoms in total. The van der Waals surface area contributed by atoms with Crippen LogP contribution in [0.2, 0.25) is 0 Å². The minimum absolute atomic E-state index is 0.0664. The Balaban J connectivity index is 2.02. The topological polar surface area (TPSA) is 89.8 Å². The molecule has 0 saturated carbocycles. The van der Waals surface area contributed by atoms with E-state index in [1.54, 1.807) is 6.07 Å². The van der Waals surface area contributed by atoms with Gasteiger partial charge in [0, 0.05) is 11.8 Å². The van der Waals surface area contributed by atoms with Gasteiger partial charge in [-0.2, -0.15) is 8.78 Å². The molecule has 2 amide bonds. The predicted molar refractivity (Wildman–Crippen MR) is 83.9 cm³/mol. The summed E-state index contributed by atoms with van der Waals surface area (Å²) >= 11 is 0. The molecule has 2 rings (SSSR count). The monoisotopic (exact) mass is 354 g/mol. The van der Waals surface area contributed by atoms with Crippen LogP contribution in [0.15, 0.2) is 41.0 Å². The summed E-state index contributed by atoms with van der Waals surface area (Å²) in [6, 6.07) is 6.14. The number of furan rings is 1. The zero-order chi connectivity index (χ0) is 18.4. The highest BCUT2D eigenvalue weighted by Crippen LogP contribution is 2.31. The lowest BCUT2D eigenvalue weighted by Gasteiger charge is -2.15. The number of hydrogen-bond acceptors (Lipinski definition) is 5. The molecular weight excluding hydrogens is 338 g/mol. The van der Waals surface area contributed by atoms with Crippen molar-refractivity contribution in [3.05, 3.63) is 42.4 Å². The zero-order valence-electron chi connectivity index (χ0n) is 13.4. The van der Waals surface area contributed by atoms with Crippen LogP contribution >= 0.6 is 0 Å². The summed E-state index contributed by atoms with van der Waals surface area (Å²) in [5.74, 6) is -1.16. The van der Waals surface area contributed by atoms with Gasteiger partial charge in [-0.1, -0.05) is 0 Å². The van der Waals surface area contributed by atoms with Crippen LogP contribution in [0.3, 0.4) is 0 Å². The number of amides is 2. The van der Waals surface area contributed by atoms with Crippen LogP contribution in [0.4, 0.5) is 14.5 Å². The van der Waals surface area contributed by atoms with E-state index in [1.165, 1.54) is 44.6 Å². The molecule has 25 heavy (non-hydrogen) atoms. The van der Waals surface area contributed by atoms with Crippen LogP contribution < -0.4 is 20.1 Å². The summed E-state index contributed by atoms with van der Waals surface area (Å²) in [7, 11) is 1.30. The van der Waals surface area contributed by atoms with E-state index in [2.05, 4.69) is 15.4 Å². The van der Waals surface area contributed by atoms with Gasteiger partial charge in [0.15, 0.2) is 17.3 Å². The van der Waals surface area contributed by atoms with Gasteiger partial charge in [0.1, 0.15) is 6.04 Å². The first-order valence-corrected chi connectivity index (χ1v) is 7.18. The minimum atomic E-state index is -3.04. The maximum absolute atomic E-state index is 12.4. The van der Waals surface area contributed by atoms with Crippen LogP contribution in [0, 0.1) is 0 Å². The Labute approximate surface area is 141 Å². The number of methoxy groups -OCH3 is 1.